The first kappa shape index (κ1) is 52.6. The lowest BCUT2D eigenvalue weighted by Crippen LogP contribution is -2.66. The molecule has 9 rings (SSSR count). The number of piperazine rings is 1. The van der Waals surface area contributed by atoms with Crippen molar-refractivity contribution in [3.63, 3.8) is 0 Å². The molecule has 0 unspecified atom stereocenters. The Morgan fingerprint density at radius 2 is 1.53 bits per heavy atom. The van der Waals surface area contributed by atoms with Gasteiger partial charge in [0, 0.05) is 85.7 Å². The van der Waals surface area contributed by atoms with E-state index in [0.29, 0.717) is 57.1 Å². The Morgan fingerprint density at radius 3 is 2.14 bits per heavy atom. The highest BCUT2D eigenvalue weighted by molar-refractivity contribution is 7.99. The van der Waals surface area contributed by atoms with E-state index in [4.69, 9.17) is 4.74 Å². The molecule has 19 heteroatoms. The molecule has 384 valence electrons. The minimum absolute atomic E-state index is 0.0234. The second-order valence-electron chi connectivity index (χ2n) is 21.2. The van der Waals surface area contributed by atoms with E-state index in [0.717, 1.165) is 87.5 Å². The number of carbonyl (C=O) groups is 1. The van der Waals surface area contributed by atoms with Gasteiger partial charge in [-0.1, -0.05) is 43.2 Å². The fourth-order valence-corrected chi connectivity index (χ4v) is 14.3. The summed E-state index contributed by atoms with van der Waals surface area (Å²) in [6.45, 7) is 14.4. The molecule has 11 nitrogen and oxygen atoms in total. The average molecular weight is 1040 g/mol. The summed E-state index contributed by atoms with van der Waals surface area (Å²) in [4.78, 5) is 19.0. The normalized spacial score (nSPS) is 24.1. The number of hydrogen-bond donors (Lipinski definition) is 2. The van der Waals surface area contributed by atoms with E-state index < -0.39 is 64.6 Å². The van der Waals surface area contributed by atoms with Crippen molar-refractivity contribution in [1.82, 2.24) is 14.5 Å². The molecule has 1 amide bonds. The maximum Gasteiger partial charge on any atom is 0.501 e. The number of piperidine rings is 1. The van der Waals surface area contributed by atoms with E-state index in [2.05, 4.69) is 33.9 Å². The second kappa shape index (κ2) is 20.6. The Kier molecular flexibility index (Phi) is 15.5. The van der Waals surface area contributed by atoms with Crippen LogP contribution in [0.4, 0.5) is 33.3 Å². The first-order valence-electron chi connectivity index (χ1n) is 24.4. The quantitative estimate of drug-likeness (QED) is 0.0677. The van der Waals surface area contributed by atoms with Gasteiger partial charge in [-0.05, 0) is 137 Å². The summed E-state index contributed by atoms with van der Waals surface area (Å²) < 4.78 is 132. The first-order valence-corrected chi connectivity index (χ1v) is 28.3. The minimum atomic E-state index is -6.08. The number of allylic oxidation sites excluding steroid dienone is 1. The molecule has 3 aromatic rings. The monoisotopic (exact) mass is 1040 g/mol. The molecule has 2 aliphatic heterocycles. The maximum atomic E-state index is 14.3. The lowest BCUT2D eigenvalue weighted by Gasteiger charge is -2.72. The van der Waals surface area contributed by atoms with Gasteiger partial charge in [0.1, 0.15) is 4.90 Å². The number of alkyl halides is 5. The zero-order valence-corrected chi connectivity index (χ0v) is 42.8. The highest BCUT2D eigenvalue weighted by Gasteiger charge is 2.73. The summed E-state index contributed by atoms with van der Waals surface area (Å²) in [6.07, 6.45) is 4.90. The highest BCUT2D eigenvalue weighted by atomic mass is 32.2. The number of halogens is 5. The van der Waals surface area contributed by atoms with Crippen molar-refractivity contribution in [2.75, 3.05) is 68.3 Å². The molecule has 0 spiro atoms. The Balaban J connectivity index is 0.913. The summed E-state index contributed by atoms with van der Waals surface area (Å²) in [5.74, 6) is -0.680. The van der Waals surface area contributed by atoms with Crippen molar-refractivity contribution < 1.29 is 48.3 Å². The average Bonchev–Trinajstić information content (AvgIpc) is 3.27. The van der Waals surface area contributed by atoms with Gasteiger partial charge in [-0.2, -0.15) is 13.2 Å². The molecule has 1 atom stereocenters. The summed E-state index contributed by atoms with van der Waals surface area (Å²) in [5.41, 5.74) is -3.20. The Labute approximate surface area is 414 Å². The number of nitrogens with one attached hydrogen (secondary N) is 2. The zero-order valence-electron chi connectivity index (χ0n) is 40.4. The number of nitrogens with zero attached hydrogens (tertiary/aromatic N) is 3. The molecule has 0 aromatic heterocycles. The maximum absolute atomic E-state index is 14.3. The lowest BCUT2D eigenvalue weighted by molar-refractivity contribution is -0.250. The van der Waals surface area contributed by atoms with Gasteiger partial charge in [-0.15, -0.1) is 11.8 Å². The summed E-state index contributed by atoms with van der Waals surface area (Å²) in [7, 11) is -10.9. The van der Waals surface area contributed by atoms with E-state index >= 15 is 0 Å². The molecule has 2 saturated heterocycles. The van der Waals surface area contributed by atoms with Gasteiger partial charge < -0.3 is 19.9 Å². The fraction of sp³-hybridized carbons (Fsp3) is 0.588. The third-order valence-electron chi connectivity index (χ3n) is 15.1. The van der Waals surface area contributed by atoms with Gasteiger partial charge in [0.05, 0.1) is 22.8 Å². The van der Waals surface area contributed by atoms with E-state index in [9.17, 15) is 43.6 Å². The predicted molar refractivity (Wildman–Crippen MR) is 264 cm³/mol. The van der Waals surface area contributed by atoms with Crippen molar-refractivity contribution in [2.45, 2.75) is 130 Å². The van der Waals surface area contributed by atoms with Crippen LogP contribution in [-0.2, 0) is 24.6 Å². The number of ether oxygens (including phenoxy) is 1. The van der Waals surface area contributed by atoms with Crippen molar-refractivity contribution in [3.05, 3.63) is 89.5 Å². The van der Waals surface area contributed by atoms with Crippen molar-refractivity contribution in [3.8, 4) is 0 Å². The third-order valence-corrected chi connectivity index (χ3v) is 19.1. The molecule has 3 aromatic carbocycles. The first-order chi connectivity index (χ1) is 33.0. The molecule has 4 aliphatic carbocycles. The van der Waals surface area contributed by atoms with Crippen LogP contribution in [-0.4, -0.2) is 121 Å². The van der Waals surface area contributed by atoms with Crippen LogP contribution in [0.3, 0.4) is 0 Å². The van der Waals surface area contributed by atoms with E-state index in [1.807, 2.05) is 48.9 Å². The molecule has 2 N–H and O–H groups in total. The molecule has 2 heterocycles. The number of anilines is 2. The van der Waals surface area contributed by atoms with Gasteiger partial charge in [0.15, 0.2) is 0 Å². The van der Waals surface area contributed by atoms with Crippen LogP contribution in [0.15, 0.2) is 98.6 Å². The Bertz CT molecular complexity index is 2580. The van der Waals surface area contributed by atoms with E-state index in [1.165, 1.54) is 35.0 Å². The van der Waals surface area contributed by atoms with Crippen LogP contribution >= 0.6 is 11.8 Å². The number of carbonyl (C=O) groups excluding carboxylic acids is 1. The molecule has 3 saturated carbocycles. The summed E-state index contributed by atoms with van der Waals surface area (Å²) in [6, 6.07) is 17.6. The van der Waals surface area contributed by atoms with Gasteiger partial charge in [-0.3, -0.25) is 9.69 Å². The number of amides is 1. The summed E-state index contributed by atoms with van der Waals surface area (Å²) in [5, 5.41) is 3.03. The van der Waals surface area contributed by atoms with Crippen LogP contribution in [0.2, 0.25) is 0 Å². The van der Waals surface area contributed by atoms with E-state index in [1.54, 1.807) is 12.1 Å². The van der Waals surface area contributed by atoms with Gasteiger partial charge >= 0.3 is 5.51 Å². The Morgan fingerprint density at radius 1 is 0.871 bits per heavy atom. The number of hydrogen-bond acceptors (Lipinski definition) is 11. The SMILES string of the molecule is CC(C)OC1CCN(CC[C@H](CSc2ccccc2)Nc2ccc(S(=O)(=O)NC(=O)c3ccc(N4CCN(CC5=C(C67CC(C(F)F)(C6)C7)CC(C)(C)CC5)CC4)cc3)cc2S(=O)(=O)C(F)(F)F)CC1. The van der Waals surface area contributed by atoms with Crippen LogP contribution in [0.25, 0.3) is 0 Å². The topological polar surface area (TPSA) is 128 Å². The number of rotatable bonds is 19. The molecule has 5 fully saturated rings. The number of benzene rings is 3. The third kappa shape index (κ3) is 11.7. The molecule has 0 radical (unpaired) electrons. The molecule has 70 heavy (non-hydrogen) atoms. The van der Waals surface area contributed by atoms with Crippen molar-refractivity contribution in [2.24, 2.45) is 16.2 Å². The second-order valence-corrected chi connectivity index (χ2v) is 25.9. The molecule has 2 bridgehead atoms. The zero-order chi connectivity index (χ0) is 50.3. The van der Waals surface area contributed by atoms with Crippen LogP contribution in [0.1, 0.15) is 95.8 Å². The number of thioether (sulfide) groups is 1. The largest absolute Gasteiger partial charge is 0.501 e. The Hall–Kier alpha value is -3.75. The van der Waals surface area contributed by atoms with Crippen LogP contribution in [0, 0.1) is 16.2 Å². The highest BCUT2D eigenvalue weighted by Crippen LogP contribution is 2.79. The minimum Gasteiger partial charge on any atom is -0.380 e. The predicted octanol–water partition coefficient (Wildman–Crippen LogP) is 10.0. The molecule has 6 aliphatic rings. The van der Waals surface area contributed by atoms with Crippen molar-refractivity contribution in [1.29, 1.82) is 0 Å². The smallest absolute Gasteiger partial charge is 0.380 e. The van der Waals surface area contributed by atoms with Gasteiger partial charge in [0.2, 0.25) is 6.43 Å². The fourth-order valence-electron chi connectivity index (χ4n) is 11.2. The van der Waals surface area contributed by atoms with Gasteiger partial charge in [0.25, 0.3) is 25.8 Å². The standard InChI is InChI=1S/C51H66F5N5O6S3/c1-35(2)67-40-18-22-59(23-19-40)21-17-38(31-68-41-8-6-5-7-9-41)57-44-15-14-42(28-45(44)69(63,64)51(54,55)56)70(65,66)58-46(62)36-10-12-39(13-11-36)61-26-24-60(25-27-61)30-37-16-20-48(3,4)29-43(37)49-32-50(33-49,34-49)47(52)53/h5-15,28,35,38,40,47,57H,16-27,29-34H2,1-4H3,(H,58,62)/t38-,49?,50?/m1/s1. The van der Waals surface area contributed by atoms with Crippen molar-refractivity contribution >= 4 is 48.9 Å². The van der Waals surface area contributed by atoms with Crippen LogP contribution < -0.4 is 14.9 Å². The van der Waals surface area contributed by atoms with Crippen LogP contribution in [0.5, 0.6) is 0 Å². The number of likely N-dealkylation sites (tertiary alicyclic amines) is 1. The number of sulfonamides is 1. The molecular weight excluding hydrogens is 970 g/mol. The van der Waals surface area contributed by atoms with E-state index in [-0.39, 0.29) is 28.6 Å². The summed E-state index contributed by atoms with van der Waals surface area (Å²) >= 11 is 1.45. The van der Waals surface area contributed by atoms with Gasteiger partial charge in [-0.25, -0.2) is 30.3 Å². The lowest BCUT2D eigenvalue weighted by atomic mass is 9.32. The number of sulfone groups is 1. The molecular formula is C51H66F5N5O6S3.